The van der Waals surface area contributed by atoms with Crippen molar-refractivity contribution in [3.8, 4) is 0 Å². The molecule has 0 unspecified atom stereocenters. The van der Waals surface area contributed by atoms with Gasteiger partial charge in [-0.2, -0.15) is 0 Å². The Balaban J connectivity index is 2.56. The van der Waals surface area contributed by atoms with Crippen molar-refractivity contribution in [1.29, 1.82) is 0 Å². The standard InChI is InChI=1S/C19H6BF11/c1-5-12(6(21)2-9(24)15(5)27)20(13-7(22)3-10(25)16(28)18(13)30)14-8(23)4-11(26)17(29)19(14)31/h2-4H,1H3. The zero-order chi connectivity index (χ0) is 23.4. The minimum absolute atomic E-state index is 0.143. The predicted octanol–water partition coefficient (Wildman–Crippen LogP) is 4.04. The van der Waals surface area contributed by atoms with Gasteiger partial charge < -0.3 is 0 Å². The van der Waals surface area contributed by atoms with E-state index in [0.29, 0.717) is 6.92 Å². The summed E-state index contributed by atoms with van der Waals surface area (Å²) in [5.41, 5.74) is -5.91. The Morgan fingerprint density at radius 1 is 0.419 bits per heavy atom. The molecule has 0 N–H and O–H groups in total. The molecule has 0 radical (unpaired) electrons. The molecule has 0 aliphatic rings. The molecule has 162 valence electrons. The third kappa shape index (κ3) is 3.53. The van der Waals surface area contributed by atoms with Crippen molar-refractivity contribution in [1.82, 2.24) is 0 Å². The molecule has 3 aromatic rings. The van der Waals surface area contributed by atoms with Crippen LogP contribution >= 0.6 is 0 Å². The van der Waals surface area contributed by atoms with E-state index in [2.05, 4.69) is 0 Å². The molecule has 0 aliphatic heterocycles. The monoisotopic (exact) mass is 454 g/mol. The van der Waals surface area contributed by atoms with E-state index < -0.39 is 92.7 Å². The molecule has 0 fully saturated rings. The summed E-state index contributed by atoms with van der Waals surface area (Å²) in [6.07, 6.45) is 0. The van der Waals surface area contributed by atoms with Crippen LogP contribution in [0.5, 0.6) is 0 Å². The van der Waals surface area contributed by atoms with E-state index in [4.69, 9.17) is 0 Å². The lowest BCUT2D eigenvalue weighted by Crippen LogP contribution is -2.59. The molecule has 12 heteroatoms. The Morgan fingerprint density at radius 3 is 1.13 bits per heavy atom. The Labute approximate surface area is 167 Å². The van der Waals surface area contributed by atoms with Crippen molar-refractivity contribution in [3.63, 3.8) is 0 Å². The summed E-state index contributed by atoms with van der Waals surface area (Å²) in [5, 5.41) is 0. The van der Waals surface area contributed by atoms with Crippen LogP contribution in [-0.4, -0.2) is 6.71 Å². The van der Waals surface area contributed by atoms with Gasteiger partial charge in [0.2, 0.25) is 0 Å². The SMILES string of the molecule is Cc1c(F)c(F)cc(F)c1B(c1c(F)cc(F)c(F)c1F)c1c(F)cc(F)c(F)c1F. The van der Waals surface area contributed by atoms with Crippen LogP contribution in [0.4, 0.5) is 48.3 Å². The van der Waals surface area contributed by atoms with E-state index in [1.54, 1.807) is 0 Å². The lowest BCUT2D eigenvalue weighted by Gasteiger charge is -2.21. The number of benzene rings is 3. The molecule has 0 aliphatic carbocycles. The van der Waals surface area contributed by atoms with E-state index in [1.807, 2.05) is 0 Å². The van der Waals surface area contributed by atoms with Crippen molar-refractivity contribution in [2.75, 3.05) is 0 Å². The molecule has 0 aromatic heterocycles. The topological polar surface area (TPSA) is 0 Å². The van der Waals surface area contributed by atoms with Crippen LogP contribution in [0.15, 0.2) is 18.2 Å². The number of rotatable bonds is 3. The predicted molar refractivity (Wildman–Crippen MR) is 88.3 cm³/mol. The molecule has 0 bridgehead atoms. The van der Waals surface area contributed by atoms with Crippen molar-refractivity contribution in [2.24, 2.45) is 0 Å². The van der Waals surface area contributed by atoms with Crippen LogP contribution < -0.4 is 16.4 Å². The van der Waals surface area contributed by atoms with Gasteiger partial charge in [-0.3, -0.25) is 0 Å². The Bertz CT molecular complexity index is 1070. The van der Waals surface area contributed by atoms with Gasteiger partial charge in [0.15, 0.2) is 46.5 Å². The molecule has 0 nitrogen and oxygen atoms in total. The zero-order valence-electron chi connectivity index (χ0n) is 15.0. The van der Waals surface area contributed by atoms with Gasteiger partial charge in [-0.1, -0.05) is 0 Å². The zero-order valence-corrected chi connectivity index (χ0v) is 15.0. The van der Waals surface area contributed by atoms with Crippen molar-refractivity contribution >= 4 is 23.1 Å². The fraction of sp³-hybridized carbons (Fsp3) is 0.0526. The lowest BCUT2D eigenvalue weighted by molar-refractivity contribution is 0.438. The Kier molecular flexibility index (Phi) is 5.77. The maximum atomic E-state index is 14.6. The first-order valence-corrected chi connectivity index (χ1v) is 8.18. The van der Waals surface area contributed by atoms with Crippen molar-refractivity contribution in [2.45, 2.75) is 6.92 Å². The van der Waals surface area contributed by atoms with Gasteiger partial charge >= 0.3 is 0 Å². The van der Waals surface area contributed by atoms with E-state index in [9.17, 15) is 48.3 Å². The minimum atomic E-state index is -2.85. The van der Waals surface area contributed by atoms with E-state index in [1.165, 1.54) is 0 Å². The second-order valence-electron chi connectivity index (χ2n) is 6.39. The maximum absolute atomic E-state index is 14.6. The fourth-order valence-electron chi connectivity index (χ4n) is 3.21. The van der Waals surface area contributed by atoms with Crippen LogP contribution in [0.1, 0.15) is 5.56 Å². The summed E-state index contributed by atoms with van der Waals surface area (Å²) in [7, 11) is 0. The quantitative estimate of drug-likeness (QED) is 0.243. The summed E-state index contributed by atoms with van der Waals surface area (Å²) in [6.45, 7) is -2.20. The third-order valence-corrected chi connectivity index (χ3v) is 4.62. The average Bonchev–Trinajstić information content (AvgIpc) is 2.68. The second-order valence-corrected chi connectivity index (χ2v) is 6.39. The van der Waals surface area contributed by atoms with Gasteiger partial charge in [-0.25, -0.2) is 48.3 Å². The van der Waals surface area contributed by atoms with Gasteiger partial charge in [-0.05, 0) is 17.9 Å². The van der Waals surface area contributed by atoms with E-state index in [-0.39, 0.29) is 18.2 Å². The van der Waals surface area contributed by atoms with E-state index >= 15 is 0 Å². The first kappa shape index (κ1) is 22.6. The van der Waals surface area contributed by atoms with Crippen LogP contribution in [0, 0.1) is 70.9 Å². The summed E-state index contributed by atoms with van der Waals surface area (Å²) < 4.78 is 154. The number of hydrogen-bond acceptors (Lipinski definition) is 0. The Hall–Kier alpha value is -3.05. The van der Waals surface area contributed by atoms with Gasteiger partial charge in [-0.15, -0.1) is 0 Å². The molecular weight excluding hydrogens is 448 g/mol. The highest BCUT2D eigenvalue weighted by Crippen LogP contribution is 2.19. The summed E-state index contributed by atoms with van der Waals surface area (Å²) in [5.74, 6) is -23.1. The lowest BCUT2D eigenvalue weighted by atomic mass is 9.35. The molecule has 31 heavy (non-hydrogen) atoms. The fourth-order valence-corrected chi connectivity index (χ4v) is 3.21. The van der Waals surface area contributed by atoms with Crippen LogP contribution in [-0.2, 0) is 0 Å². The number of hydrogen-bond donors (Lipinski definition) is 0. The first-order valence-electron chi connectivity index (χ1n) is 8.18. The van der Waals surface area contributed by atoms with Gasteiger partial charge in [0.1, 0.15) is 17.5 Å². The Morgan fingerprint density at radius 2 is 0.742 bits per heavy atom. The molecule has 0 saturated carbocycles. The average molecular weight is 454 g/mol. The molecular formula is C19H6BF11. The molecule has 0 amide bonds. The van der Waals surface area contributed by atoms with Crippen LogP contribution in [0.2, 0.25) is 0 Å². The summed E-state index contributed by atoms with van der Waals surface area (Å²) >= 11 is 0. The normalized spacial score (nSPS) is 11.2. The summed E-state index contributed by atoms with van der Waals surface area (Å²) in [4.78, 5) is 0. The smallest absolute Gasteiger partial charge is 0.207 e. The van der Waals surface area contributed by atoms with Gasteiger partial charge in [0.25, 0.3) is 6.71 Å². The molecule has 0 heterocycles. The third-order valence-electron chi connectivity index (χ3n) is 4.62. The van der Waals surface area contributed by atoms with Crippen LogP contribution in [0.3, 0.4) is 0 Å². The molecule has 0 saturated heterocycles. The maximum Gasteiger partial charge on any atom is 0.261 e. The highest BCUT2D eigenvalue weighted by atomic mass is 19.2. The highest BCUT2D eigenvalue weighted by Gasteiger charge is 2.40. The minimum Gasteiger partial charge on any atom is -0.207 e. The van der Waals surface area contributed by atoms with Gasteiger partial charge in [0.05, 0.1) is 0 Å². The molecule has 0 atom stereocenters. The molecule has 3 aromatic carbocycles. The molecule has 0 spiro atoms. The van der Waals surface area contributed by atoms with E-state index in [0.717, 1.165) is 0 Å². The largest absolute Gasteiger partial charge is 0.261 e. The van der Waals surface area contributed by atoms with Crippen molar-refractivity contribution in [3.05, 3.63) is 87.8 Å². The van der Waals surface area contributed by atoms with Crippen molar-refractivity contribution < 1.29 is 48.3 Å². The highest BCUT2D eigenvalue weighted by molar-refractivity contribution is 6.96. The summed E-state index contributed by atoms with van der Waals surface area (Å²) in [6, 6.07) is -0.664. The van der Waals surface area contributed by atoms with Crippen LogP contribution in [0.25, 0.3) is 0 Å². The van der Waals surface area contributed by atoms with Gasteiger partial charge in [0, 0.05) is 29.1 Å². The second kappa shape index (κ2) is 7.90. The number of halogens is 11. The molecule has 3 rings (SSSR count). The first-order chi connectivity index (χ1) is 14.4.